The predicted molar refractivity (Wildman–Crippen MR) is 108 cm³/mol. The third-order valence-electron chi connectivity index (χ3n) is 4.66. The first-order chi connectivity index (χ1) is 12.4. The van der Waals surface area contributed by atoms with Crippen LogP contribution in [0.4, 0.5) is 0 Å². The van der Waals surface area contributed by atoms with E-state index in [1.165, 1.54) is 68.9 Å². The quantitative estimate of drug-likeness (QED) is 0.296. The molecule has 2 rings (SSSR count). The molecule has 2 aromatic carbocycles. The molecule has 0 aromatic heterocycles. The van der Waals surface area contributed by atoms with Gasteiger partial charge in [0, 0.05) is 0 Å². The number of hydrogen-bond acceptors (Lipinski definition) is 1. The van der Waals surface area contributed by atoms with E-state index in [0.29, 0.717) is 0 Å². The Kier molecular flexibility index (Phi) is 13.2. The van der Waals surface area contributed by atoms with Crippen LogP contribution in [-0.2, 0) is 0 Å². The maximum absolute atomic E-state index is 5.86. The van der Waals surface area contributed by atoms with Crippen LogP contribution in [0.3, 0.4) is 0 Å². The summed E-state index contributed by atoms with van der Waals surface area (Å²) in [5.74, 6) is 0.972. The number of hydrogen-bond donors (Lipinski definition) is 0. The second-order valence-corrected chi connectivity index (χ2v) is 6.85. The van der Waals surface area contributed by atoms with Crippen molar-refractivity contribution in [2.75, 3.05) is 6.61 Å². The smallest absolute Gasteiger partial charge is 0.494 e. The molecule has 0 fully saturated rings. The molecule has 26 heavy (non-hydrogen) atoms. The zero-order valence-corrected chi connectivity index (χ0v) is 16.8. The van der Waals surface area contributed by atoms with Gasteiger partial charge in [0.1, 0.15) is 5.75 Å². The molecule has 0 unspecified atom stereocenters. The van der Waals surface area contributed by atoms with Gasteiger partial charge in [0.05, 0.1) is 6.61 Å². The second kappa shape index (κ2) is 14.9. The van der Waals surface area contributed by atoms with E-state index < -0.39 is 0 Å². The van der Waals surface area contributed by atoms with Crippen LogP contribution < -0.4 is 23.6 Å². The first-order valence-electron chi connectivity index (χ1n) is 10.1. The number of ether oxygens (including phenoxy) is 1. The molecule has 136 valence electrons. The van der Waals surface area contributed by atoms with Crippen molar-refractivity contribution in [3.8, 4) is 16.9 Å². The maximum Gasteiger partial charge on any atom is 1.00 e. The minimum Gasteiger partial charge on any atom is -0.494 e. The van der Waals surface area contributed by atoms with Gasteiger partial charge in [-0.05, 0) is 18.6 Å². The minimum absolute atomic E-state index is 0. The summed E-state index contributed by atoms with van der Waals surface area (Å²) in [5, 5.41) is 0. The van der Waals surface area contributed by atoms with Crippen molar-refractivity contribution in [3.05, 3.63) is 54.6 Å². The SMILES string of the molecule is CCCCCCCCCCCCOc1ccc(-c2c[c-]ccc2)cc1.[Li+]. The van der Waals surface area contributed by atoms with E-state index in [-0.39, 0.29) is 18.9 Å². The minimum atomic E-state index is 0. The van der Waals surface area contributed by atoms with Crippen LogP contribution in [0, 0.1) is 6.07 Å². The van der Waals surface area contributed by atoms with Gasteiger partial charge in [-0.3, -0.25) is 0 Å². The van der Waals surface area contributed by atoms with E-state index in [1.54, 1.807) is 0 Å². The van der Waals surface area contributed by atoms with Gasteiger partial charge in [-0.2, -0.15) is 30.3 Å². The Morgan fingerprint density at radius 1 is 0.731 bits per heavy atom. The molecule has 0 spiro atoms. The molecular formula is C24H33LiO. The largest absolute Gasteiger partial charge is 1.00 e. The predicted octanol–water partition coefficient (Wildman–Crippen LogP) is 4.46. The van der Waals surface area contributed by atoms with Crippen molar-refractivity contribution in [2.24, 2.45) is 0 Å². The summed E-state index contributed by atoms with van der Waals surface area (Å²) in [7, 11) is 0. The maximum atomic E-state index is 5.86. The Morgan fingerprint density at radius 2 is 1.35 bits per heavy atom. The van der Waals surface area contributed by atoms with E-state index in [2.05, 4.69) is 43.3 Å². The van der Waals surface area contributed by atoms with Crippen LogP contribution in [0.2, 0.25) is 0 Å². The van der Waals surface area contributed by atoms with E-state index in [9.17, 15) is 0 Å². The molecule has 0 atom stereocenters. The van der Waals surface area contributed by atoms with Gasteiger partial charge in [0.2, 0.25) is 0 Å². The van der Waals surface area contributed by atoms with Gasteiger partial charge in [0.15, 0.2) is 0 Å². The van der Waals surface area contributed by atoms with Crippen molar-refractivity contribution < 1.29 is 23.6 Å². The molecule has 0 saturated carbocycles. The van der Waals surface area contributed by atoms with Crippen molar-refractivity contribution in [1.82, 2.24) is 0 Å². The summed E-state index contributed by atoms with van der Waals surface area (Å²) in [6.45, 7) is 3.10. The summed E-state index contributed by atoms with van der Waals surface area (Å²) in [6, 6.07) is 19.6. The standard InChI is InChI=1S/C24H33O.Li/c1-2-3-4-5-6-7-8-9-10-14-21-25-24-19-17-23(18-20-24)22-15-12-11-13-16-22;/h11-12,15-20H,2-10,14,21H2,1H3;/q-1;+1. The summed E-state index contributed by atoms with van der Waals surface area (Å²) in [5.41, 5.74) is 2.41. The molecule has 2 aromatic rings. The van der Waals surface area contributed by atoms with Gasteiger partial charge < -0.3 is 4.74 Å². The van der Waals surface area contributed by atoms with E-state index >= 15 is 0 Å². The number of unbranched alkanes of at least 4 members (excludes halogenated alkanes) is 9. The Balaban J connectivity index is 0.00000338. The Morgan fingerprint density at radius 3 is 1.92 bits per heavy atom. The molecule has 0 aliphatic rings. The molecule has 1 nitrogen and oxygen atoms in total. The molecule has 0 heterocycles. The van der Waals surface area contributed by atoms with E-state index in [0.717, 1.165) is 18.8 Å². The summed E-state index contributed by atoms with van der Waals surface area (Å²) in [6.07, 6.45) is 13.6. The first-order valence-corrected chi connectivity index (χ1v) is 10.1. The number of rotatable bonds is 13. The van der Waals surface area contributed by atoms with Gasteiger partial charge in [-0.25, -0.2) is 0 Å². The van der Waals surface area contributed by atoms with Crippen LogP contribution in [0.25, 0.3) is 11.1 Å². The average Bonchev–Trinajstić information content (AvgIpc) is 2.67. The molecule has 0 saturated heterocycles. The molecule has 0 aliphatic heterocycles. The molecule has 0 aliphatic carbocycles. The van der Waals surface area contributed by atoms with Crippen molar-refractivity contribution >= 4 is 0 Å². The van der Waals surface area contributed by atoms with Crippen molar-refractivity contribution in [2.45, 2.75) is 71.1 Å². The average molecular weight is 344 g/mol. The third kappa shape index (κ3) is 9.51. The molecule has 0 N–H and O–H groups in total. The Bertz CT molecular complexity index is 550. The fourth-order valence-corrected chi connectivity index (χ4v) is 3.10. The van der Waals surface area contributed by atoms with Crippen LogP contribution in [0.5, 0.6) is 5.75 Å². The van der Waals surface area contributed by atoms with Gasteiger partial charge in [-0.15, -0.1) is 5.56 Å². The van der Waals surface area contributed by atoms with Crippen LogP contribution >= 0.6 is 0 Å². The van der Waals surface area contributed by atoms with Crippen LogP contribution in [0.1, 0.15) is 71.1 Å². The normalized spacial score (nSPS) is 10.3. The fourth-order valence-electron chi connectivity index (χ4n) is 3.10. The van der Waals surface area contributed by atoms with Gasteiger partial charge in [0.25, 0.3) is 0 Å². The Labute approximate surface area is 172 Å². The second-order valence-electron chi connectivity index (χ2n) is 6.85. The summed E-state index contributed by atoms with van der Waals surface area (Å²) in [4.78, 5) is 0. The van der Waals surface area contributed by atoms with Gasteiger partial charge in [-0.1, -0.05) is 82.4 Å². The first kappa shape index (κ1) is 22.9. The molecular weight excluding hydrogens is 311 g/mol. The fraction of sp³-hybridized carbons (Fsp3) is 0.500. The zero-order valence-electron chi connectivity index (χ0n) is 16.8. The molecule has 0 amide bonds. The van der Waals surface area contributed by atoms with Crippen molar-refractivity contribution in [1.29, 1.82) is 0 Å². The van der Waals surface area contributed by atoms with E-state index in [1.807, 2.05) is 18.2 Å². The number of benzene rings is 2. The monoisotopic (exact) mass is 344 g/mol. The van der Waals surface area contributed by atoms with E-state index in [4.69, 9.17) is 4.74 Å². The summed E-state index contributed by atoms with van der Waals surface area (Å²) < 4.78 is 5.86. The molecule has 0 radical (unpaired) electrons. The molecule has 0 bridgehead atoms. The zero-order chi connectivity index (χ0) is 17.6. The van der Waals surface area contributed by atoms with Crippen LogP contribution in [-0.4, -0.2) is 6.61 Å². The van der Waals surface area contributed by atoms with Gasteiger partial charge >= 0.3 is 18.9 Å². The summed E-state index contributed by atoms with van der Waals surface area (Å²) >= 11 is 0. The molecule has 2 heteroatoms. The third-order valence-corrected chi connectivity index (χ3v) is 4.66. The topological polar surface area (TPSA) is 9.23 Å². The Hall–Kier alpha value is -1.16. The van der Waals surface area contributed by atoms with Crippen LogP contribution in [0.15, 0.2) is 48.5 Å². The van der Waals surface area contributed by atoms with Crippen molar-refractivity contribution in [3.63, 3.8) is 0 Å².